The molecule has 0 amide bonds. The smallest absolute Gasteiger partial charge is 0.306 e. The Morgan fingerprint density at radius 3 is 2.63 bits per heavy atom. The lowest BCUT2D eigenvalue weighted by atomic mass is 9.57. The number of benzene rings is 2. The Morgan fingerprint density at radius 2 is 1.92 bits per heavy atom. The number of anilines is 2. The van der Waals surface area contributed by atoms with Crippen molar-refractivity contribution in [1.29, 1.82) is 5.26 Å². The minimum absolute atomic E-state index is 0.184. The van der Waals surface area contributed by atoms with E-state index in [1.807, 2.05) is 61.7 Å². The number of aryl methyl sites for hydroxylation is 1. The van der Waals surface area contributed by atoms with Gasteiger partial charge in [-0.2, -0.15) is 5.26 Å². The molecule has 9 nitrogen and oxygen atoms in total. The van der Waals surface area contributed by atoms with Crippen LogP contribution in [0.4, 0.5) is 11.5 Å². The SMILES string of the molecule is Cc1cc(/C=C/c2nccc(-c3cccc(Nc4ccc(CCN5CC[C@@H](O)C5)cn4)c3C)c2C#N)c(Cl)cc1CN1CC2(CC(C(=O)O)C2)C1. The van der Waals surface area contributed by atoms with Crippen LogP contribution in [-0.2, 0) is 17.8 Å². The third-order valence-corrected chi connectivity index (χ3v) is 11.2. The molecule has 0 bridgehead atoms. The molecule has 2 aromatic carbocycles. The quantitative estimate of drug-likeness (QED) is 0.150. The number of carboxylic acid groups (broad SMARTS) is 1. The number of nitriles is 1. The number of carbonyl (C=O) groups is 1. The standard InChI is InChI=1S/C41H43ClN6O3/c1-26-16-29(36(42)17-30(26)22-48-24-41(25-48)18-31(19-41)40(50)51)7-8-38-35(20-43)34(10-13-44-38)33-4-3-5-37(27(33)2)46-39-9-6-28(21-45-39)11-14-47-15-12-32(49)23-47/h3-10,13,16-17,21,31-32,49H,11-12,14-15,18-19,22-25H2,1-2H3,(H,45,46)(H,50,51)/b8-7+/t32-/m1/s1. The zero-order valence-corrected chi connectivity index (χ0v) is 29.8. The average molecular weight is 703 g/mol. The summed E-state index contributed by atoms with van der Waals surface area (Å²) in [6.45, 7) is 9.37. The fraction of sp³-hybridized carbons (Fsp3) is 0.366. The van der Waals surface area contributed by atoms with Crippen LogP contribution in [0.1, 0.15) is 58.3 Å². The van der Waals surface area contributed by atoms with Gasteiger partial charge in [0, 0.05) is 67.9 Å². The van der Waals surface area contributed by atoms with E-state index < -0.39 is 5.97 Å². The molecule has 3 fully saturated rings. The summed E-state index contributed by atoms with van der Waals surface area (Å²) in [5.41, 5.74) is 9.18. The van der Waals surface area contributed by atoms with Crippen molar-refractivity contribution in [3.8, 4) is 17.2 Å². The van der Waals surface area contributed by atoms with Crippen molar-refractivity contribution < 1.29 is 15.0 Å². The van der Waals surface area contributed by atoms with Crippen LogP contribution in [-0.4, -0.2) is 74.8 Å². The lowest BCUT2D eigenvalue weighted by Crippen LogP contribution is -2.62. The van der Waals surface area contributed by atoms with Crippen LogP contribution in [0.3, 0.4) is 0 Å². The van der Waals surface area contributed by atoms with Crippen molar-refractivity contribution in [3.63, 3.8) is 0 Å². The number of aliphatic hydroxyl groups excluding tert-OH is 1. The van der Waals surface area contributed by atoms with E-state index in [0.29, 0.717) is 16.3 Å². The number of carboxylic acids is 1. The van der Waals surface area contributed by atoms with Crippen LogP contribution < -0.4 is 5.32 Å². The van der Waals surface area contributed by atoms with Gasteiger partial charge in [0.05, 0.1) is 23.3 Å². The highest BCUT2D eigenvalue weighted by atomic mass is 35.5. The fourth-order valence-corrected chi connectivity index (χ4v) is 8.23. The fourth-order valence-electron chi connectivity index (χ4n) is 7.98. The van der Waals surface area contributed by atoms with Gasteiger partial charge in [-0.15, -0.1) is 0 Å². The Kier molecular flexibility index (Phi) is 9.95. The number of aliphatic hydroxyl groups is 1. The summed E-state index contributed by atoms with van der Waals surface area (Å²) in [5, 5.41) is 33.4. The molecule has 0 unspecified atom stereocenters. The van der Waals surface area contributed by atoms with Gasteiger partial charge in [0.25, 0.3) is 0 Å². The molecule has 2 aliphatic heterocycles. The normalized spacial score (nSPS) is 18.8. The van der Waals surface area contributed by atoms with Gasteiger partial charge < -0.3 is 20.4 Å². The number of aliphatic carboxylic acids is 1. The molecule has 1 atom stereocenters. The molecule has 4 aromatic rings. The summed E-state index contributed by atoms with van der Waals surface area (Å²) in [4.78, 5) is 25.1. The summed E-state index contributed by atoms with van der Waals surface area (Å²) >= 11 is 6.78. The molecule has 262 valence electrons. The Labute approximate surface area is 304 Å². The van der Waals surface area contributed by atoms with Crippen LogP contribution in [0, 0.1) is 36.5 Å². The first-order chi connectivity index (χ1) is 24.6. The number of hydrogen-bond acceptors (Lipinski definition) is 8. The van der Waals surface area contributed by atoms with Crippen LogP contribution in [0.25, 0.3) is 23.3 Å². The van der Waals surface area contributed by atoms with E-state index in [0.717, 1.165) is 115 Å². The van der Waals surface area contributed by atoms with E-state index in [1.54, 1.807) is 6.20 Å². The van der Waals surface area contributed by atoms with E-state index in [4.69, 9.17) is 11.6 Å². The maximum atomic E-state index is 11.2. The highest BCUT2D eigenvalue weighted by Gasteiger charge is 2.54. The minimum Gasteiger partial charge on any atom is -0.481 e. The molecule has 2 saturated heterocycles. The number of nitrogens with one attached hydrogen (secondary N) is 1. The first-order valence-corrected chi connectivity index (χ1v) is 18.0. The largest absolute Gasteiger partial charge is 0.481 e. The molecule has 10 heteroatoms. The molecule has 0 radical (unpaired) electrons. The van der Waals surface area contributed by atoms with Crippen molar-refractivity contribution in [2.45, 2.75) is 52.2 Å². The molecule has 3 N–H and O–H groups in total. The molecule has 4 heterocycles. The number of rotatable bonds is 11. The minimum atomic E-state index is -0.672. The summed E-state index contributed by atoms with van der Waals surface area (Å²) in [6.07, 6.45) is 10.5. The third-order valence-electron chi connectivity index (χ3n) is 10.9. The first-order valence-electron chi connectivity index (χ1n) is 17.6. The Morgan fingerprint density at radius 1 is 1.10 bits per heavy atom. The van der Waals surface area contributed by atoms with E-state index in [9.17, 15) is 20.3 Å². The maximum Gasteiger partial charge on any atom is 0.306 e. The van der Waals surface area contributed by atoms with E-state index in [2.05, 4.69) is 50.2 Å². The second-order valence-corrected chi connectivity index (χ2v) is 15.0. The molecule has 51 heavy (non-hydrogen) atoms. The van der Waals surface area contributed by atoms with Gasteiger partial charge in [0.1, 0.15) is 11.9 Å². The highest BCUT2D eigenvalue weighted by molar-refractivity contribution is 6.32. The predicted octanol–water partition coefficient (Wildman–Crippen LogP) is 7.11. The van der Waals surface area contributed by atoms with Crippen LogP contribution in [0.5, 0.6) is 0 Å². The summed E-state index contributed by atoms with van der Waals surface area (Å²) in [6, 6.07) is 18.4. The van der Waals surface area contributed by atoms with Gasteiger partial charge in [-0.05, 0) is 109 Å². The number of hydrogen-bond donors (Lipinski definition) is 3. The second-order valence-electron chi connectivity index (χ2n) is 14.6. The Balaban J connectivity index is 1.02. The number of aromatic nitrogens is 2. The van der Waals surface area contributed by atoms with Gasteiger partial charge in [-0.25, -0.2) is 4.98 Å². The number of nitrogens with zero attached hydrogens (tertiary/aromatic N) is 5. The lowest BCUT2D eigenvalue weighted by molar-refractivity contribution is -0.161. The zero-order valence-electron chi connectivity index (χ0n) is 29.1. The highest BCUT2D eigenvalue weighted by Crippen LogP contribution is 2.52. The monoisotopic (exact) mass is 702 g/mol. The maximum absolute atomic E-state index is 11.2. The van der Waals surface area contributed by atoms with E-state index in [-0.39, 0.29) is 17.4 Å². The average Bonchev–Trinajstić information content (AvgIpc) is 3.50. The van der Waals surface area contributed by atoms with E-state index >= 15 is 0 Å². The Hall–Kier alpha value is -4.59. The molecule has 1 spiro atoms. The second kappa shape index (κ2) is 14.6. The number of β-amino-alcohol motifs (C(OH)–C–C–N with tert-alkyl or cyclic N) is 1. The number of pyridine rings is 2. The van der Waals surface area contributed by atoms with Gasteiger partial charge in [0.2, 0.25) is 0 Å². The summed E-state index contributed by atoms with van der Waals surface area (Å²) in [5.74, 6) is -0.112. The zero-order chi connectivity index (χ0) is 35.7. The van der Waals surface area contributed by atoms with Crippen molar-refractivity contribution in [2.24, 2.45) is 11.3 Å². The number of likely N-dealkylation sites (tertiary alicyclic amines) is 2. The number of halogens is 1. The van der Waals surface area contributed by atoms with Crippen LogP contribution >= 0.6 is 11.6 Å². The molecule has 2 aromatic heterocycles. The van der Waals surface area contributed by atoms with Crippen LogP contribution in [0.15, 0.2) is 60.9 Å². The molecule has 7 rings (SSSR count). The van der Waals surface area contributed by atoms with Crippen molar-refractivity contribution in [3.05, 3.63) is 105 Å². The van der Waals surface area contributed by atoms with Gasteiger partial charge in [-0.3, -0.25) is 14.7 Å². The lowest BCUT2D eigenvalue weighted by Gasteiger charge is -2.58. The predicted molar refractivity (Wildman–Crippen MR) is 201 cm³/mol. The van der Waals surface area contributed by atoms with Gasteiger partial charge in [0.15, 0.2) is 0 Å². The topological polar surface area (TPSA) is 126 Å². The molecular weight excluding hydrogens is 660 g/mol. The van der Waals surface area contributed by atoms with Crippen molar-refractivity contribution in [2.75, 3.05) is 38.0 Å². The summed E-state index contributed by atoms with van der Waals surface area (Å²) < 4.78 is 0. The molecular formula is C41H43ClN6O3. The van der Waals surface area contributed by atoms with Gasteiger partial charge >= 0.3 is 5.97 Å². The van der Waals surface area contributed by atoms with Gasteiger partial charge in [-0.1, -0.05) is 41.9 Å². The molecule has 1 aliphatic carbocycles. The summed E-state index contributed by atoms with van der Waals surface area (Å²) in [7, 11) is 0. The van der Waals surface area contributed by atoms with Crippen molar-refractivity contribution >= 4 is 41.2 Å². The van der Waals surface area contributed by atoms with Crippen LogP contribution in [0.2, 0.25) is 5.02 Å². The van der Waals surface area contributed by atoms with Crippen molar-refractivity contribution in [1.82, 2.24) is 19.8 Å². The molecule has 3 aliphatic rings. The third kappa shape index (κ3) is 7.56. The van der Waals surface area contributed by atoms with E-state index in [1.165, 1.54) is 0 Å². The Bertz CT molecular complexity index is 2010. The molecule has 1 saturated carbocycles. The first kappa shape index (κ1) is 34.8.